The molecule has 4 heteroatoms. The van der Waals surface area contributed by atoms with Crippen molar-refractivity contribution in [2.45, 2.75) is 19.8 Å². The first kappa shape index (κ1) is 9.71. The summed E-state index contributed by atoms with van der Waals surface area (Å²) in [5.41, 5.74) is 14.1. The summed E-state index contributed by atoms with van der Waals surface area (Å²) in [5.74, 6) is 0.509. The summed E-state index contributed by atoms with van der Waals surface area (Å²) < 4.78 is 0. The maximum Gasteiger partial charge on any atom is 0.149 e. The van der Waals surface area contributed by atoms with Gasteiger partial charge in [0.05, 0.1) is 5.69 Å². The van der Waals surface area contributed by atoms with Crippen LogP contribution < -0.4 is 11.5 Å². The largest absolute Gasteiger partial charge is 0.397 e. The smallest absolute Gasteiger partial charge is 0.149 e. The van der Waals surface area contributed by atoms with Crippen molar-refractivity contribution >= 4 is 22.4 Å². The molecule has 78 valence electrons. The fourth-order valence-electron chi connectivity index (χ4n) is 1.73. The minimum Gasteiger partial charge on any atom is -0.397 e. The number of hydrogen-bond donors (Lipinski definition) is 2. The van der Waals surface area contributed by atoms with Crippen LogP contribution in [-0.2, 0) is 6.42 Å². The van der Waals surface area contributed by atoms with Gasteiger partial charge < -0.3 is 11.5 Å². The second kappa shape index (κ2) is 3.73. The number of aryl methyl sites for hydroxylation is 1. The van der Waals surface area contributed by atoms with Gasteiger partial charge >= 0.3 is 0 Å². The fourth-order valence-corrected chi connectivity index (χ4v) is 1.73. The molecule has 2 aromatic rings. The van der Waals surface area contributed by atoms with Gasteiger partial charge in [-0.1, -0.05) is 25.5 Å². The van der Waals surface area contributed by atoms with Crippen molar-refractivity contribution in [3.8, 4) is 0 Å². The van der Waals surface area contributed by atoms with Crippen LogP contribution in [0.15, 0.2) is 18.2 Å². The van der Waals surface area contributed by atoms with Crippen LogP contribution in [0.1, 0.15) is 18.9 Å². The molecule has 0 radical (unpaired) electrons. The Labute approximate surface area is 88.3 Å². The molecule has 0 bridgehead atoms. The van der Waals surface area contributed by atoms with E-state index in [4.69, 9.17) is 11.5 Å². The number of hydrogen-bond acceptors (Lipinski definition) is 4. The first-order valence-electron chi connectivity index (χ1n) is 5.03. The number of anilines is 2. The Hall–Kier alpha value is -1.84. The first-order valence-corrected chi connectivity index (χ1v) is 5.03. The van der Waals surface area contributed by atoms with E-state index in [9.17, 15) is 0 Å². The number of aromatic nitrogens is 2. The maximum absolute atomic E-state index is 5.83. The lowest BCUT2D eigenvalue weighted by Crippen LogP contribution is -2.02. The molecule has 0 saturated heterocycles. The molecule has 1 heterocycles. The number of nitrogens with zero attached hydrogens (tertiary/aromatic N) is 2. The molecule has 0 aliphatic rings. The second-order valence-corrected chi connectivity index (χ2v) is 3.56. The van der Waals surface area contributed by atoms with Crippen molar-refractivity contribution in [2.75, 3.05) is 11.5 Å². The van der Waals surface area contributed by atoms with Gasteiger partial charge in [0, 0.05) is 10.9 Å². The molecule has 0 spiro atoms. The van der Waals surface area contributed by atoms with Crippen LogP contribution in [-0.4, -0.2) is 10.2 Å². The highest BCUT2D eigenvalue weighted by molar-refractivity contribution is 5.92. The molecule has 4 nitrogen and oxygen atoms in total. The van der Waals surface area contributed by atoms with Gasteiger partial charge in [-0.15, -0.1) is 10.2 Å². The molecular weight excluding hydrogens is 188 g/mol. The highest BCUT2D eigenvalue weighted by Crippen LogP contribution is 2.25. The predicted molar refractivity (Wildman–Crippen MR) is 62.4 cm³/mol. The van der Waals surface area contributed by atoms with E-state index < -0.39 is 0 Å². The predicted octanol–water partition coefficient (Wildman–Crippen LogP) is 1.75. The number of nitrogens with two attached hydrogens (primary N) is 2. The Kier molecular flexibility index (Phi) is 2.41. The normalized spacial score (nSPS) is 10.7. The SMILES string of the molecule is CCCc1c(N)nnc2c(N)cccc12. The molecule has 2 rings (SSSR count). The molecule has 15 heavy (non-hydrogen) atoms. The molecule has 0 fully saturated rings. The molecule has 0 unspecified atom stereocenters. The van der Waals surface area contributed by atoms with Gasteiger partial charge in [0.2, 0.25) is 0 Å². The third kappa shape index (κ3) is 1.58. The first-order chi connectivity index (χ1) is 7.24. The van der Waals surface area contributed by atoms with Crippen LogP contribution in [0.4, 0.5) is 11.5 Å². The Morgan fingerprint density at radius 1 is 1.20 bits per heavy atom. The fraction of sp³-hybridized carbons (Fsp3) is 0.273. The lowest BCUT2D eigenvalue weighted by atomic mass is 10.0. The van der Waals surface area contributed by atoms with E-state index in [-0.39, 0.29) is 0 Å². The molecule has 1 aromatic heterocycles. The second-order valence-electron chi connectivity index (χ2n) is 3.56. The van der Waals surface area contributed by atoms with E-state index in [2.05, 4.69) is 17.1 Å². The van der Waals surface area contributed by atoms with Crippen molar-refractivity contribution in [1.29, 1.82) is 0 Å². The number of benzene rings is 1. The van der Waals surface area contributed by atoms with Crippen molar-refractivity contribution < 1.29 is 0 Å². The van der Waals surface area contributed by atoms with Crippen LogP contribution in [0.3, 0.4) is 0 Å². The highest BCUT2D eigenvalue weighted by Gasteiger charge is 2.08. The third-order valence-electron chi connectivity index (χ3n) is 2.46. The van der Waals surface area contributed by atoms with Gasteiger partial charge in [-0.25, -0.2) is 0 Å². The van der Waals surface area contributed by atoms with Crippen molar-refractivity contribution in [2.24, 2.45) is 0 Å². The number of nitrogen functional groups attached to an aromatic ring is 2. The molecule has 1 aromatic carbocycles. The van der Waals surface area contributed by atoms with E-state index >= 15 is 0 Å². The quantitative estimate of drug-likeness (QED) is 0.727. The molecule has 0 atom stereocenters. The number of rotatable bonds is 2. The van der Waals surface area contributed by atoms with E-state index in [0.29, 0.717) is 11.5 Å². The van der Waals surface area contributed by atoms with Crippen molar-refractivity contribution in [3.05, 3.63) is 23.8 Å². The lowest BCUT2D eigenvalue weighted by Gasteiger charge is -2.07. The minimum absolute atomic E-state index is 0.509. The van der Waals surface area contributed by atoms with E-state index in [1.54, 1.807) is 0 Å². The van der Waals surface area contributed by atoms with Crippen LogP contribution in [0.2, 0.25) is 0 Å². The van der Waals surface area contributed by atoms with Gasteiger partial charge in [-0.05, 0) is 12.5 Å². The van der Waals surface area contributed by atoms with Gasteiger partial charge in [-0.2, -0.15) is 0 Å². The monoisotopic (exact) mass is 202 g/mol. The van der Waals surface area contributed by atoms with Gasteiger partial charge in [0.15, 0.2) is 0 Å². The maximum atomic E-state index is 5.83. The van der Waals surface area contributed by atoms with Crippen LogP contribution in [0.5, 0.6) is 0 Å². The Morgan fingerprint density at radius 2 is 2.00 bits per heavy atom. The number of fused-ring (bicyclic) bond motifs is 1. The zero-order valence-corrected chi connectivity index (χ0v) is 8.70. The highest BCUT2D eigenvalue weighted by atomic mass is 15.1. The molecule has 0 aliphatic carbocycles. The summed E-state index contributed by atoms with van der Waals surface area (Å²) in [6.45, 7) is 2.11. The molecular formula is C11H14N4. The van der Waals surface area contributed by atoms with Gasteiger partial charge in [0.1, 0.15) is 11.3 Å². The topological polar surface area (TPSA) is 77.8 Å². The summed E-state index contributed by atoms with van der Waals surface area (Å²) in [6.07, 6.45) is 1.93. The average Bonchev–Trinajstić information content (AvgIpc) is 2.23. The van der Waals surface area contributed by atoms with Crippen LogP contribution in [0.25, 0.3) is 10.9 Å². The van der Waals surface area contributed by atoms with Gasteiger partial charge in [0.25, 0.3) is 0 Å². The summed E-state index contributed by atoms with van der Waals surface area (Å²) >= 11 is 0. The van der Waals surface area contributed by atoms with Crippen molar-refractivity contribution in [1.82, 2.24) is 10.2 Å². The van der Waals surface area contributed by atoms with Crippen LogP contribution >= 0.6 is 0 Å². The molecule has 4 N–H and O–H groups in total. The zero-order valence-electron chi connectivity index (χ0n) is 8.70. The summed E-state index contributed by atoms with van der Waals surface area (Å²) in [4.78, 5) is 0. The minimum atomic E-state index is 0.509. The summed E-state index contributed by atoms with van der Waals surface area (Å²) in [6, 6.07) is 5.72. The van der Waals surface area contributed by atoms with E-state index in [1.165, 1.54) is 0 Å². The van der Waals surface area contributed by atoms with E-state index in [1.807, 2.05) is 18.2 Å². The third-order valence-corrected chi connectivity index (χ3v) is 2.46. The Bertz CT molecular complexity index is 493. The molecule has 0 aliphatic heterocycles. The molecule has 0 saturated carbocycles. The Morgan fingerprint density at radius 3 is 2.73 bits per heavy atom. The zero-order chi connectivity index (χ0) is 10.8. The van der Waals surface area contributed by atoms with E-state index in [0.717, 1.165) is 29.3 Å². The lowest BCUT2D eigenvalue weighted by molar-refractivity contribution is 0.915. The Balaban J connectivity index is 2.75. The average molecular weight is 202 g/mol. The molecule has 0 amide bonds. The van der Waals surface area contributed by atoms with Gasteiger partial charge in [-0.3, -0.25) is 0 Å². The van der Waals surface area contributed by atoms with Crippen LogP contribution in [0, 0.1) is 0 Å². The van der Waals surface area contributed by atoms with Crippen molar-refractivity contribution in [3.63, 3.8) is 0 Å². The summed E-state index contributed by atoms with van der Waals surface area (Å²) in [5, 5.41) is 8.98. The summed E-state index contributed by atoms with van der Waals surface area (Å²) in [7, 11) is 0. The standard InChI is InChI=1S/C11H14N4/c1-2-4-8-7-5-3-6-9(12)10(7)14-15-11(8)13/h3,5-6H,2,4,12H2,1H3,(H2,13,15).